The zero-order valence-electron chi connectivity index (χ0n) is 9.07. The summed E-state index contributed by atoms with van der Waals surface area (Å²) in [7, 11) is 3.25. The highest BCUT2D eigenvalue weighted by Gasteiger charge is 1.97. The molecule has 1 rings (SSSR count). The first-order valence-electron chi connectivity index (χ1n) is 4.08. The summed E-state index contributed by atoms with van der Waals surface area (Å²) >= 11 is 0. The molecule has 0 amide bonds. The van der Waals surface area contributed by atoms with E-state index < -0.39 is 0 Å². The van der Waals surface area contributed by atoms with E-state index in [-0.39, 0.29) is 15.4 Å². The van der Waals surface area contributed by atoms with E-state index in [9.17, 15) is 0 Å². The third kappa shape index (κ3) is 9.35. The van der Waals surface area contributed by atoms with Crippen LogP contribution in [0.1, 0.15) is 0 Å². The molecule has 0 aliphatic carbocycles. The number of ether oxygens (including phenoxy) is 2. The zero-order chi connectivity index (χ0) is 12.8. The minimum Gasteiger partial charge on any atom is -0.493 e. The van der Waals surface area contributed by atoms with Gasteiger partial charge in [0, 0.05) is 0 Å². The number of para-hydroxylation sites is 2. The maximum atomic E-state index is 7.00. The Bertz CT molecular complexity index is 223. The molecule has 4 N–H and O–H groups in total. The summed E-state index contributed by atoms with van der Waals surface area (Å²) in [5.41, 5.74) is 0. The average Bonchev–Trinajstić information content (AvgIpc) is 2.31. The minimum atomic E-state index is 0. The van der Waals surface area contributed by atoms with Gasteiger partial charge < -0.3 is 29.6 Å². The minimum absolute atomic E-state index is 0. The van der Waals surface area contributed by atoms with Crippen LogP contribution in [-0.2, 0) is 0 Å². The molecule has 0 aliphatic heterocycles. The summed E-state index contributed by atoms with van der Waals surface area (Å²) in [6, 6.07) is 7.53. The van der Waals surface area contributed by atoms with Crippen LogP contribution >= 0.6 is 0 Å². The molecule has 2 radical (unpaired) electrons. The Morgan fingerprint density at radius 1 is 0.812 bits per heavy atom. The largest absolute Gasteiger partial charge is 0.493 e. The van der Waals surface area contributed by atoms with Gasteiger partial charge in [-0.1, -0.05) is 12.1 Å². The van der Waals surface area contributed by atoms with Crippen LogP contribution in [0.5, 0.6) is 11.5 Å². The van der Waals surface area contributed by atoms with Gasteiger partial charge in [0.15, 0.2) is 11.5 Å². The van der Waals surface area contributed by atoms with Gasteiger partial charge in [0.1, 0.15) is 0 Å². The summed E-state index contributed by atoms with van der Waals surface area (Å²) < 4.78 is 10.0. The van der Waals surface area contributed by atoms with Gasteiger partial charge in [-0.2, -0.15) is 0 Å². The number of benzene rings is 1. The zero-order valence-corrected chi connectivity index (χ0v) is 9.07. The second kappa shape index (κ2) is 13.8. The normalized spacial score (nSPS) is 7.38. The fourth-order valence-corrected chi connectivity index (χ4v) is 0.787. The van der Waals surface area contributed by atoms with Crippen molar-refractivity contribution in [3.05, 3.63) is 24.3 Å². The highest BCUT2D eigenvalue weighted by molar-refractivity contribution is 6.13. The van der Waals surface area contributed by atoms with Crippen molar-refractivity contribution in [1.29, 1.82) is 0 Å². The van der Waals surface area contributed by atoms with Crippen LogP contribution in [0.4, 0.5) is 0 Å². The summed E-state index contributed by atoms with van der Waals surface area (Å²) in [5.74, 6) is 1.54. The summed E-state index contributed by atoms with van der Waals surface area (Å²) in [4.78, 5) is 0. The lowest BCUT2D eigenvalue weighted by Gasteiger charge is -2.04. The maximum Gasteiger partial charge on any atom is 0.482 e. The van der Waals surface area contributed by atoms with Gasteiger partial charge in [-0.3, -0.25) is 0 Å². The van der Waals surface area contributed by atoms with Gasteiger partial charge in [0.25, 0.3) is 0 Å². The molecule has 6 nitrogen and oxygen atoms in total. The van der Waals surface area contributed by atoms with E-state index in [1.165, 1.54) is 0 Å². The molecule has 0 bridgehead atoms. The van der Waals surface area contributed by atoms with Gasteiger partial charge in [-0.25, -0.2) is 0 Å². The number of methoxy groups -OCH3 is 2. The molecule has 1 aromatic carbocycles. The Hall–Kier alpha value is -1.21. The van der Waals surface area contributed by atoms with Gasteiger partial charge in [-0.05, 0) is 12.1 Å². The first-order valence-corrected chi connectivity index (χ1v) is 4.08. The molecule has 88 valence electrons. The summed E-state index contributed by atoms with van der Waals surface area (Å²) in [5, 5.41) is 28.0. The van der Waals surface area contributed by atoms with Crippen molar-refractivity contribution in [3.8, 4) is 11.5 Å². The van der Waals surface area contributed by atoms with Crippen LogP contribution in [0.15, 0.2) is 24.3 Å². The SMILES string of the molecule is COc1ccccc1OC.O[B]O.O[B]O. The third-order valence-corrected chi connectivity index (χ3v) is 1.29. The molecular weight excluding hydrogens is 214 g/mol. The second-order valence-electron chi connectivity index (χ2n) is 2.09. The number of rotatable bonds is 2. The van der Waals surface area contributed by atoms with E-state index in [4.69, 9.17) is 29.6 Å². The summed E-state index contributed by atoms with van der Waals surface area (Å²) in [6.45, 7) is 0. The van der Waals surface area contributed by atoms with Crippen LogP contribution < -0.4 is 9.47 Å². The lowest BCUT2D eigenvalue weighted by Crippen LogP contribution is -1.88. The molecule has 0 unspecified atom stereocenters. The first-order chi connectivity index (χ1) is 7.71. The topological polar surface area (TPSA) is 99.4 Å². The Morgan fingerprint density at radius 2 is 1.06 bits per heavy atom. The average molecular weight is 228 g/mol. The molecule has 8 heteroatoms. The molecule has 16 heavy (non-hydrogen) atoms. The van der Waals surface area contributed by atoms with Gasteiger partial charge in [0.05, 0.1) is 14.2 Å². The van der Waals surface area contributed by atoms with Crippen LogP contribution in [0.3, 0.4) is 0 Å². The quantitative estimate of drug-likeness (QED) is 0.470. The van der Waals surface area contributed by atoms with Gasteiger partial charge >= 0.3 is 15.4 Å². The van der Waals surface area contributed by atoms with E-state index in [1.54, 1.807) is 14.2 Å². The fourth-order valence-electron chi connectivity index (χ4n) is 0.787. The Kier molecular flexibility index (Phi) is 14.8. The van der Waals surface area contributed by atoms with Crippen LogP contribution in [-0.4, -0.2) is 49.7 Å². The van der Waals surface area contributed by atoms with Crippen LogP contribution in [0.2, 0.25) is 0 Å². The fraction of sp³-hybridized carbons (Fsp3) is 0.250. The van der Waals surface area contributed by atoms with E-state index in [1.807, 2.05) is 24.3 Å². The van der Waals surface area contributed by atoms with Gasteiger partial charge in [0.2, 0.25) is 0 Å². The maximum absolute atomic E-state index is 7.00. The molecule has 0 fully saturated rings. The Labute approximate surface area is 95.7 Å². The molecule has 0 heterocycles. The van der Waals surface area contributed by atoms with Crippen molar-refractivity contribution in [2.45, 2.75) is 0 Å². The number of hydrogen-bond acceptors (Lipinski definition) is 6. The molecule has 0 aliphatic rings. The molecule has 1 aromatic rings. The monoisotopic (exact) mass is 228 g/mol. The van der Waals surface area contributed by atoms with Crippen molar-refractivity contribution in [2.75, 3.05) is 14.2 Å². The molecule has 0 aromatic heterocycles. The van der Waals surface area contributed by atoms with E-state index in [2.05, 4.69) is 0 Å². The predicted molar refractivity (Wildman–Crippen MR) is 59.9 cm³/mol. The van der Waals surface area contributed by atoms with Crippen molar-refractivity contribution in [2.24, 2.45) is 0 Å². The third-order valence-electron chi connectivity index (χ3n) is 1.29. The van der Waals surface area contributed by atoms with Crippen molar-refractivity contribution in [1.82, 2.24) is 0 Å². The first kappa shape index (κ1) is 17.2. The van der Waals surface area contributed by atoms with Crippen molar-refractivity contribution < 1.29 is 29.6 Å². The number of hydrogen-bond donors (Lipinski definition) is 4. The van der Waals surface area contributed by atoms with Crippen molar-refractivity contribution >= 4 is 15.4 Å². The van der Waals surface area contributed by atoms with Crippen molar-refractivity contribution in [3.63, 3.8) is 0 Å². The van der Waals surface area contributed by atoms with E-state index in [0.29, 0.717) is 0 Å². The highest BCUT2D eigenvalue weighted by atomic mass is 16.5. The predicted octanol–water partition coefficient (Wildman–Crippen LogP) is -1.29. The molecule has 0 atom stereocenters. The lowest BCUT2D eigenvalue weighted by atomic mass is 10.3. The second-order valence-corrected chi connectivity index (χ2v) is 2.09. The van der Waals surface area contributed by atoms with Crippen LogP contribution in [0.25, 0.3) is 0 Å². The smallest absolute Gasteiger partial charge is 0.482 e. The molecule has 0 saturated heterocycles. The highest BCUT2D eigenvalue weighted by Crippen LogP contribution is 2.24. The van der Waals surface area contributed by atoms with E-state index in [0.717, 1.165) is 11.5 Å². The van der Waals surface area contributed by atoms with Crippen LogP contribution in [0, 0.1) is 0 Å². The molecule has 0 spiro atoms. The Balaban J connectivity index is 0. The Morgan fingerprint density at radius 3 is 1.25 bits per heavy atom. The lowest BCUT2D eigenvalue weighted by molar-refractivity contribution is 0.355. The summed E-state index contributed by atoms with van der Waals surface area (Å²) in [6.07, 6.45) is 0. The van der Waals surface area contributed by atoms with E-state index >= 15 is 0 Å². The molecular formula is C8H14B2O6. The standard InChI is InChI=1S/C8H10O2.2BH2O2/c1-9-7-5-3-4-6-8(7)10-2;2*2-1-3/h3-6H,1-2H3;2*2-3H. The van der Waals surface area contributed by atoms with Gasteiger partial charge in [-0.15, -0.1) is 0 Å². The molecule has 0 saturated carbocycles.